The Kier molecular flexibility index (Phi) is 3.10. The van der Waals surface area contributed by atoms with E-state index in [-0.39, 0.29) is 29.7 Å². The van der Waals surface area contributed by atoms with E-state index < -0.39 is 9.85 Å². The molecular formula is C8H8N6O5. The van der Waals surface area contributed by atoms with E-state index in [0.29, 0.717) is 0 Å². The lowest BCUT2D eigenvalue weighted by atomic mass is 10.5. The van der Waals surface area contributed by atoms with Crippen molar-refractivity contribution in [2.45, 2.75) is 6.92 Å². The van der Waals surface area contributed by atoms with Crippen molar-refractivity contribution in [3.63, 3.8) is 0 Å². The second-order valence-electron chi connectivity index (χ2n) is 3.32. The van der Waals surface area contributed by atoms with Crippen molar-refractivity contribution in [2.24, 2.45) is 0 Å². The molecule has 2 aromatic rings. The lowest BCUT2D eigenvalue weighted by Gasteiger charge is -1.96. The maximum Gasteiger partial charge on any atom is 0.350 e. The number of ether oxygens (including phenoxy) is 1. The summed E-state index contributed by atoms with van der Waals surface area (Å²) in [6, 6.07) is 0. The predicted molar refractivity (Wildman–Crippen MR) is 60.2 cm³/mol. The van der Waals surface area contributed by atoms with Gasteiger partial charge in [0.05, 0.1) is 16.5 Å². The number of nitrogens with zero attached hydrogens (tertiary/aromatic N) is 5. The molecule has 11 nitrogen and oxygen atoms in total. The van der Waals surface area contributed by atoms with E-state index in [1.807, 2.05) is 0 Å². The van der Waals surface area contributed by atoms with Gasteiger partial charge in [0.15, 0.2) is 0 Å². The molecule has 0 aliphatic carbocycles. The van der Waals surface area contributed by atoms with Gasteiger partial charge in [0.25, 0.3) is 0 Å². The van der Waals surface area contributed by atoms with Crippen LogP contribution in [0.25, 0.3) is 5.82 Å². The molecule has 0 amide bonds. The Balaban J connectivity index is 2.51. The summed E-state index contributed by atoms with van der Waals surface area (Å²) < 4.78 is 5.95. The van der Waals surface area contributed by atoms with E-state index in [9.17, 15) is 20.2 Å². The summed E-state index contributed by atoms with van der Waals surface area (Å²) in [6.07, 6.45) is 2.01. The number of hydrogen-bond donors (Lipinski definition) is 1. The van der Waals surface area contributed by atoms with Crippen LogP contribution in [0.5, 0.6) is 5.88 Å². The van der Waals surface area contributed by atoms with Gasteiger partial charge in [-0.2, -0.15) is 5.10 Å². The highest BCUT2D eigenvalue weighted by atomic mass is 16.6. The number of hydrogen-bond acceptors (Lipinski definition) is 7. The average molecular weight is 268 g/mol. The molecule has 2 aromatic heterocycles. The topological polar surface area (TPSA) is 142 Å². The summed E-state index contributed by atoms with van der Waals surface area (Å²) in [5.41, 5.74) is -0.730. The van der Waals surface area contributed by atoms with Gasteiger partial charge in [0.1, 0.15) is 12.4 Å². The van der Waals surface area contributed by atoms with Crippen molar-refractivity contribution in [1.82, 2.24) is 20.0 Å². The molecule has 0 aliphatic rings. The second kappa shape index (κ2) is 4.72. The van der Waals surface area contributed by atoms with E-state index in [1.165, 1.54) is 0 Å². The quantitative estimate of drug-likeness (QED) is 0.624. The maximum absolute atomic E-state index is 10.8. The minimum atomic E-state index is -0.684. The third-order valence-corrected chi connectivity index (χ3v) is 2.17. The fraction of sp³-hybridized carbons (Fsp3) is 0.250. The third kappa shape index (κ3) is 2.20. The Morgan fingerprint density at radius 2 is 2.05 bits per heavy atom. The van der Waals surface area contributed by atoms with Crippen LogP contribution in [-0.4, -0.2) is 36.4 Å². The SMILES string of the molecule is CCOc1nn(-c2[nH]ncc2[N+](=O)[O-])cc1[N+](=O)[O-]. The highest BCUT2D eigenvalue weighted by Crippen LogP contribution is 2.28. The molecule has 11 heteroatoms. The Morgan fingerprint density at radius 3 is 2.63 bits per heavy atom. The molecule has 0 bridgehead atoms. The molecule has 0 atom stereocenters. The van der Waals surface area contributed by atoms with Gasteiger partial charge in [-0.25, -0.2) is 4.68 Å². The molecule has 19 heavy (non-hydrogen) atoms. The molecule has 2 rings (SSSR count). The van der Waals surface area contributed by atoms with Gasteiger partial charge in [0, 0.05) is 0 Å². The fourth-order valence-electron chi connectivity index (χ4n) is 1.40. The molecule has 0 saturated carbocycles. The number of nitro groups is 2. The Hall–Kier alpha value is -2.98. The Bertz CT molecular complexity index is 631. The molecule has 0 spiro atoms. The second-order valence-corrected chi connectivity index (χ2v) is 3.32. The Labute approximate surface area is 105 Å². The van der Waals surface area contributed by atoms with Gasteiger partial charge in [-0.1, -0.05) is 0 Å². The lowest BCUT2D eigenvalue weighted by Crippen LogP contribution is -2.00. The predicted octanol–water partition coefficient (Wildman–Crippen LogP) is 0.810. The number of rotatable bonds is 5. The lowest BCUT2D eigenvalue weighted by molar-refractivity contribution is -0.386. The van der Waals surface area contributed by atoms with Crippen LogP contribution in [0.3, 0.4) is 0 Å². The zero-order valence-electron chi connectivity index (χ0n) is 9.64. The molecule has 0 fully saturated rings. The number of H-pyrrole nitrogens is 1. The van der Waals surface area contributed by atoms with Crippen molar-refractivity contribution in [1.29, 1.82) is 0 Å². The van der Waals surface area contributed by atoms with Crippen LogP contribution < -0.4 is 4.74 Å². The van der Waals surface area contributed by atoms with Crippen molar-refractivity contribution >= 4 is 11.4 Å². The standard InChI is InChI=1S/C8H8N6O5/c1-2-19-8-6(14(17)18)4-12(11-8)7-5(13(15)16)3-9-10-7/h3-4H,2H2,1H3,(H,9,10). The van der Waals surface area contributed by atoms with Gasteiger partial charge in [0.2, 0.25) is 5.82 Å². The van der Waals surface area contributed by atoms with Crippen molar-refractivity contribution in [3.05, 3.63) is 32.6 Å². The summed E-state index contributed by atoms with van der Waals surface area (Å²) in [5.74, 6) is -0.296. The molecule has 100 valence electrons. The van der Waals surface area contributed by atoms with Crippen LogP contribution in [0.15, 0.2) is 12.4 Å². The summed E-state index contributed by atoms with van der Waals surface area (Å²) in [7, 11) is 0. The van der Waals surface area contributed by atoms with Crippen LogP contribution in [-0.2, 0) is 0 Å². The van der Waals surface area contributed by atoms with Gasteiger partial charge >= 0.3 is 17.3 Å². The molecule has 0 radical (unpaired) electrons. The molecule has 1 N–H and O–H groups in total. The summed E-state index contributed by atoms with van der Waals surface area (Å²) in [5, 5.41) is 31.2. The first kappa shape index (κ1) is 12.5. The van der Waals surface area contributed by atoms with Gasteiger partial charge < -0.3 is 4.74 Å². The summed E-state index contributed by atoms with van der Waals surface area (Å²) in [4.78, 5) is 20.2. The van der Waals surface area contributed by atoms with E-state index in [1.54, 1.807) is 6.92 Å². The van der Waals surface area contributed by atoms with Crippen LogP contribution in [0.4, 0.5) is 11.4 Å². The molecule has 0 unspecified atom stereocenters. The van der Waals surface area contributed by atoms with Gasteiger partial charge in [-0.3, -0.25) is 25.3 Å². The first-order valence-corrected chi connectivity index (χ1v) is 5.09. The van der Waals surface area contributed by atoms with Crippen LogP contribution in [0, 0.1) is 20.2 Å². The number of aromatic nitrogens is 4. The maximum atomic E-state index is 10.8. The number of aromatic amines is 1. The van der Waals surface area contributed by atoms with Crippen molar-refractivity contribution < 1.29 is 14.6 Å². The highest BCUT2D eigenvalue weighted by Gasteiger charge is 2.26. The highest BCUT2D eigenvalue weighted by molar-refractivity contribution is 5.48. The van der Waals surface area contributed by atoms with Crippen molar-refractivity contribution in [3.8, 4) is 11.7 Å². The zero-order valence-corrected chi connectivity index (χ0v) is 9.64. The van der Waals surface area contributed by atoms with Crippen LogP contribution >= 0.6 is 0 Å². The van der Waals surface area contributed by atoms with Crippen molar-refractivity contribution in [2.75, 3.05) is 6.61 Å². The smallest absolute Gasteiger partial charge is 0.350 e. The first-order valence-electron chi connectivity index (χ1n) is 5.09. The zero-order chi connectivity index (χ0) is 14.0. The van der Waals surface area contributed by atoms with Gasteiger partial charge in [-0.05, 0) is 6.92 Å². The Morgan fingerprint density at radius 1 is 1.37 bits per heavy atom. The molecular weight excluding hydrogens is 260 g/mol. The van der Waals surface area contributed by atoms with E-state index in [2.05, 4.69) is 15.3 Å². The van der Waals surface area contributed by atoms with E-state index >= 15 is 0 Å². The van der Waals surface area contributed by atoms with E-state index in [4.69, 9.17) is 4.74 Å². The molecule has 0 aliphatic heterocycles. The molecule has 2 heterocycles. The largest absolute Gasteiger partial charge is 0.472 e. The minimum absolute atomic E-state index is 0.0842. The van der Waals surface area contributed by atoms with Crippen LogP contribution in [0.1, 0.15) is 6.92 Å². The summed E-state index contributed by atoms with van der Waals surface area (Å²) in [6.45, 7) is 1.82. The van der Waals surface area contributed by atoms with Crippen LogP contribution in [0.2, 0.25) is 0 Å². The number of nitrogens with one attached hydrogen (secondary N) is 1. The normalized spacial score (nSPS) is 10.4. The molecule has 0 saturated heterocycles. The average Bonchev–Trinajstić information content (AvgIpc) is 2.93. The first-order chi connectivity index (χ1) is 9.04. The monoisotopic (exact) mass is 268 g/mol. The van der Waals surface area contributed by atoms with E-state index in [0.717, 1.165) is 17.1 Å². The summed E-state index contributed by atoms with van der Waals surface area (Å²) >= 11 is 0. The third-order valence-electron chi connectivity index (χ3n) is 2.17. The fourth-order valence-corrected chi connectivity index (χ4v) is 1.40. The molecule has 0 aromatic carbocycles. The minimum Gasteiger partial charge on any atom is -0.472 e. The van der Waals surface area contributed by atoms with Gasteiger partial charge in [-0.15, -0.1) is 5.10 Å².